The van der Waals surface area contributed by atoms with Crippen LogP contribution in [0.2, 0.25) is 0 Å². The minimum atomic E-state index is -0.247. The highest BCUT2D eigenvalue weighted by Crippen LogP contribution is 2.25. The number of rotatable bonds is 5. The molecule has 2 heterocycles. The Balaban J connectivity index is 1.89. The average molecular weight is 325 g/mol. The van der Waals surface area contributed by atoms with E-state index in [1.54, 1.807) is 14.1 Å². The van der Waals surface area contributed by atoms with Crippen LogP contribution in [0.15, 0.2) is 16.6 Å². The molecule has 0 saturated carbocycles. The monoisotopic (exact) mass is 325 g/mol. The van der Waals surface area contributed by atoms with Crippen molar-refractivity contribution in [3.05, 3.63) is 11.4 Å². The Morgan fingerprint density at radius 2 is 2.19 bits per heavy atom. The van der Waals surface area contributed by atoms with Gasteiger partial charge in [0, 0.05) is 14.1 Å². The number of thioether (sulfide) groups is 1. The van der Waals surface area contributed by atoms with Gasteiger partial charge >= 0.3 is 0 Å². The van der Waals surface area contributed by atoms with Gasteiger partial charge in [-0.2, -0.15) is 0 Å². The molecule has 9 heteroatoms. The molecule has 0 aliphatic carbocycles. The molecule has 2 rings (SSSR count). The lowest BCUT2D eigenvalue weighted by atomic mass is 10.4. The van der Waals surface area contributed by atoms with Crippen molar-refractivity contribution < 1.29 is 9.59 Å². The molecule has 7 nitrogen and oxygen atoms in total. The molecule has 0 fully saturated rings. The van der Waals surface area contributed by atoms with E-state index < -0.39 is 0 Å². The quantitative estimate of drug-likeness (QED) is 0.616. The maximum Gasteiger partial charge on any atom is 0.241 e. The van der Waals surface area contributed by atoms with Crippen LogP contribution in [0.3, 0.4) is 0 Å². The van der Waals surface area contributed by atoms with Gasteiger partial charge in [0.1, 0.15) is 10.6 Å². The molecule has 0 spiro atoms. The number of carbonyl (C=O) groups is 2. The van der Waals surface area contributed by atoms with E-state index >= 15 is 0 Å². The predicted octanol–water partition coefficient (Wildman–Crippen LogP) is 0.570. The second-order valence-electron chi connectivity index (χ2n) is 4.38. The van der Waals surface area contributed by atoms with Gasteiger partial charge in [-0.05, 0) is 11.4 Å². The number of nitrogens with one attached hydrogen (secondary N) is 1. The Morgan fingerprint density at radius 1 is 1.43 bits per heavy atom. The molecule has 0 saturated heterocycles. The predicted molar refractivity (Wildman–Crippen MR) is 84.3 cm³/mol. The molecule has 0 atom stereocenters. The molecule has 0 aromatic carbocycles. The van der Waals surface area contributed by atoms with E-state index in [0.717, 1.165) is 10.2 Å². The fourth-order valence-corrected chi connectivity index (χ4v) is 2.95. The number of anilines is 1. The summed E-state index contributed by atoms with van der Waals surface area (Å²) in [5.74, 6) is 0.140. The van der Waals surface area contributed by atoms with Gasteiger partial charge < -0.3 is 16.0 Å². The summed E-state index contributed by atoms with van der Waals surface area (Å²) in [6.45, 7) is -0.0145. The third-order valence-corrected chi connectivity index (χ3v) is 4.26. The molecule has 2 amide bonds. The Labute approximate surface area is 129 Å². The number of likely N-dealkylation sites (N-methyl/N-ethyl adjacent to an activating group) is 1. The van der Waals surface area contributed by atoms with E-state index in [2.05, 4.69) is 15.3 Å². The number of carbonyl (C=O) groups excluding carboxylic acids is 2. The fourth-order valence-electron chi connectivity index (χ4n) is 1.44. The molecule has 2 aromatic rings. The average Bonchev–Trinajstić information content (AvgIpc) is 2.91. The number of thiophene rings is 1. The second-order valence-corrected chi connectivity index (χ2v) is 6.22. The molecule has 21 heavy (non-hydrogen) atoms. The van der Waals surface area contributed by atoms with Crippen LogP contribution >= 0.6 is 23.1 Å². The lowest BCUT2D eigenvalue weighted by Crippen LogP contribution is -2.37. The molecule has 3 N–H and O–H groups in total. The minimum absolute atomic E-state index is 0.0145. The number of hydrogen-bond donors (Lipinski definition) is 2. The van der Waals surface area contributed by atoms with Gasteiger partial charge in [0.2, 0.25) is 11.8 Å². The number of fused-ring (bicyclic) bond motifs is 1. The zero-order valence-corrected chi connectivity index (χ0v) is 13.3. The minimum Gasteiger partial charge on any atom is -0.383 e. The highest BCUT2D eigenvalue weighted by Gasteiger charge is 2.10. The molecule has 0 aliphatic rings. The van der Waals surface area contributed by atoms with Gasteiger partial charge in [-0.1, -0.05) is 11.8 Å². The van der Waals surface area contributed by atoms with E-state index in [1.165, 1.54) is 28.0 Å². The first kappa shape index (κ1) is 15.5. The molecule has 0 radical (unpaired) electrons. The van der Waals surface area contributed by atoms with Crippen molar-refractivity contribution in [2.75, 3.05) is 32.1 Å². The van der Waals surface area contributed by atoms with Crippen LogP contribution in [-0.2, 0) is 9.59 Å². The van der Waals surface area contributed by atoms with Crippen LogP contribution < -0.4 is 11.1 Å². The number of nitrogen functional groups attached to an aromatic ring is 1. The summed E-state index contributed by atoms with van der Waals surface area (Å²) >= 11 is 2.66. The van der Waals surface area contributed by atoms with Crippen molar-refractivity contribution in [2.45, 2.75) is 5.16 Å². The van der Waals surface area contributed by atoms with Crippen LogP contribution in [0.4, 0.5) is 5.82 Å². The van der Waals surface area contributed by atoms with Gasteiger partial charge in [-0.25, -0.2) is 9.97 Å². The Bertz CT molecular complexity index is 671. The molecule has 0 aliphatic heterocycles. The third kappa shape index (κ3) is 4.05. The van der Waals surface area contributed by atoms with Crippen molar-refractivity contribution in [2.24, 2.45) is 0 Å². The van der Waals surface area contributed by atoms with Crippen LogP contribution in [0, 0.1) is 0 Å². The normalized spacial score (nSPS) is 10.6. The van der Waals surface area contributed by atoms with Crippen molar-refractivity contribution >= 4 is 50.9 Å². The maximum atomic E-state index is 11.7. The SMILES string of the molecule is CN(C)C(=O)CNC(=O)CSc1nc(N)c2ccsc2n1. The molecule has 0 bridgehead atoms. The van der Waals surface area contributed by atoms with Gasteiger partial charge in [0.25, 0.3) is 0 Å². The van der Waals surface area contributed by atoms with E-state index in [-0.39, 0.29) is 24.1 Å². The Hall–Kier alpha value is -1.87. The number of amides is 2. The first-order valence-corrected chi connectivity index (χ1v) is 7.94. The van der Waals surface area contributed by atoms with Crippen molar-refractivity contribution in [3.63, 3.8) is 0 Å². The zero-order valence-electron chi connectivity index (χ0n) is 11.6. The summed E-state index contributed by atoms with van der Waals surface area (Å²) in [6.07, 6.45) is 0. The lowest BCUT2D eigenvalue weighted by Gasteiger charge is -2.10. The van der Waals surface area contributed by atoms with Crippen LogP contribution in [0.5, 0.6) is 0 Å². The smallest absolute Gasteiger partial charge is 0.241 e. The van der Waals surface area contributed by atoms with Gasteiger partial charge in [0.05, 0.1) is 17.7 Å². The summed E-state index contributed by atoms with van der Waals surface area (Å²) in [5.41, 5.74) is 5.83. The highest BCUT2D eigenvalue weighted by atomic mass is 32.2. The molecular weight excluding hydrogens is 310 g/mol. The van der Waals surface area contributed by atoms with E-state index in [1.807, 2.05) is 11.4 Å². The number of nitrogens with two attached hydrogens (primary N) is 1. The lowest BCUT2D eigenvalue weighted by molar-refractivity contribution is -0.130. The van der Waals surface area contributed by atoms with Gasteiger partial charge in [-0.3, -0.25) is 9.59 Å². The number of aromatic nitrogens is 2. The maximum absolute atomic E-state index is 11.7. The van der Waals surface area contributed by atoms with Crippen molar-refractivity contribution in [1.29, 1.82) is 0 Å². The standard InChI is InChI=1S/C12H15N5O2S2/c1-17(2)9(19)5-14-8(18)6-21-12-15-10(13)7-3-4-20-11(7)16-12/h3-4H,5-6H2,1-2H3,(H,14,18)(H2,13,15,16). The first-order valence-electron chi connectivity index (χ1n) is 6.07. The molecular formula is C12H15N5O2S2. The second kappa shape index (κ2) is 6.72. The zero-order chi connectivity index (χ0) is 15.4. The summed E-state index contributed by atoms with van der Waals surface area (Å²) in [5, 5.41) is 5.72. The summed E-state index contributed by atoms with van der Waals surface area (Å²) in [4.78, 5) is 33.7. The van der Waals surface area contributed by atoms with Crippen molar-refractivity contribution in [3.8, 4) is 0 Å². The Morgan fingerprint density at radius 3 is 2.90 bits per heavy atom. The van der Waals surface area contributed by atoms with Gasteiger partial charge in [-0.15, -0.1) is 11.3 Å². The molecule has 0 unspecified atom stereocenters. The molecule has 2 aromatic heterocycles. The third-order valence-electron chi connectivity index (χ3n) is 2.60. The summed E-state index contributed by atoms with van der Waals surface area (Å²) < 4.78 is 0. The summed E-state index contributed by atoms with van der Waals surface area (Å²) in [7, 11) is 3.27. The summed E-state index contributed by atoms with van der Waals surface area (Å²) in [6, 6.07) is 1.86. The van der Waals surface area contributed by atoms with Crippen LogP contribution in [-0.4, -0.2) is 53.1 Å². The van der Waals surface area contributed by atoms with Crippen molar-refractivity contribution in [1.82, 2.24) is 20.2 Å². The topological polar surface area (TPSA) is 101 Å². The number of hydrogen-bond acceptors (Lipinski definition) is 7. The first-order chi connectivity index (χ1) is 9.97. The van der Waals surface area contributed by atoms with E-state index in [9.17, 15) is 9.59 Å². The highest BCUT2D eigenvalue weighted by molar-refractivity contribution is 7.99. The number of nitrogens with zero attached hydrogens (tertiary/aromatic N) is 3. The van der Waals surface area contributed by atoms with Crippen LogP contribution in [0.25, 0.3) is 10.2 Å². The van der Waals surface area contributed by atoms with E-state index in [0.29, 0.717) is 11.0 Å². The molecule has 112 valence electrons. The largest absolute Gasteiger partial charge is 0.383 e. The fraction of sp³-hybridized carbons (Fsp3) is 0.333. The van der Waals surface area contributed by atoms with Gasteiger partial charge in [0.15, 0.2) is 5.16 Å². The Kier molecular flexibility index (Phi) is 4.97. The van der Waals surface area contributed by atoms with E-state index in [4.69, 9.17) is 5.73 Å². The van der Waals surface area contributed by atoms with Crippen LogP contribution in [0.1, 0.15) is 0 Å².